The average molecular weight is 350 g/mol. The molecule has 1 aromatic rings. The lowest BCUT2D eigenvalue weighted by atomic mass is 9.80. The van der Waals surface area contributed by atoms with Crippen LogP contribution < -0.4 is 5.46 Å². The van der Waals surface area contributed by atoms with E-state index in [-0.39, 0.29) is 7.12 Å². The Kier molecular flexibility index (Phi) is 8.83. The zero-order valence-electron chi connectivity index (χ0n) is 16.0. The molecule has 0 atom stereocenters. The van der Waals surface area contributed by atoms with Crippen LogP contribution in [-0.2, 0) is 8.69 Å². The predicted molar refractivity (Wildman–Crippen MR) is 108 cm³/mol. The van der Waals surface area contributed by atoms with E-state index in [2.05, 4.69) is 71.9 Å². The zero-order valence-corrected chi connectivity index (χ0v) is 18.0. The Morgan fingerprint density at radius 1 is 0.652 bits per heavy atom. The van der Waals surface area contributed by atoms with E-state index >= 15 is 0 Å². The normalized spacial score (nSPS) is 12.4. The standard InChI is InChI=1S/C18H35BO2Si2/c1-7-22(8-2,9-3)20-19(18-16-14-13-15-17-18)21-23(10-4,11-5)12-6/h13-17H,7-12H2,1-6H3. The summed E-state index contributed by atoms with van der Waals surface area (Å²) in [5, 5.41) is 0. The van der Waals surface area contributed by atoms with Gasteiger partial charge in [0, 0.05) is 0 Å². The molecule has 0 spiro atoms. The van der Waals surface area contributed by atoms with Gasteiger partial charge in [0.05, 0.1) is 0 Å². The zero-order chi connectivity index (χ0) is 17.3. The lowest BCUT2D eigenvalue weighted by molar-refractivity contribution is 0.416. The van der Waals surface area contributed by atoms with Crippen molar-refractivity contribution < 1.29 is 8.69 Å². The monoisotopic (exact) mass is 350 g/mol. The molecule has 0 aliphatic carbocycles. The summed E-state index contributed by atoms with van der Waals surface area (Å²) in [6, 6.07) is 17.5. The Balaban J connectivity index is 3.13. The Hall–Kier alpha value is -0.361. The van der Waals surface area contributed by atoms with E-state index in [1.54, 1.807) is 0 Å². The second-order valence-electron chi connectivity index (χ2n) is 6.47. The summed E-state index contributed by atoms with van der Waals surface area (Å²) < 4.78 is 13.6. The first-order chi connectivity index (χ1) is 11.0. The SMILES string of the molecule is CC[Si](CC)(CC)OB(O[Si](CC)(CC)CC)c1ccccc1. The van der Waals surface area contributed by atoms with Crippen LogP contribution in [0.5, 0.6) is 0 Å². The van der Waals surface area contributed by atoms with E-state index in [0.717, 1.165) is 36.3 Å². The fourth-order valence-electron chi connectivity index (χ4n) is 3.22. The van der Waals surface area contributed by atoms with Crippen LogP contribution in [0.1, 0.15) is 41.5 Å². The molecule has 0 unspecified atom stereocenters. The van der Waals surface area contributed by atoms with Gasteiger partial charge in [-0.25, -0.2) is 0 Å². The van der Waals surface area contributed by atoms with Crippen molar-refractivity contribution in [1.29, 1.82) is 0 Å². The summed E-state index contributed by atoms with van der Waals surface area (Å²) in [4.78, 5) is 0. The molecule has 0 aromatic heterocycles. The van der Waals surface area contributed by atoms with Crippen molar-refractivity contribution in [3.8, 4) is 0 Å². The second kappa shape index (κ2) is 9.82. The van der Waals surface area contributed by atoms with E-state index < -0.39 is 16.6 Å². The highest BCUT2D eigenvalue weighted by molar-refractivity contribution is 6.87. The van der Waals surface area contributed by atoms with Crippen LogP contribution in [0, 0.1) is 0 Å². The van der Waals surface area contributed by atoms with Gasteiger partial charge in [-0.2, -0.15) is 0 Å². The third-order valence-corrected chi connectivity index (χ3v) is 14.8. The summed E-state index contributed by atoms with van der Waals surface area (Å²) in [6.45, 7) is 13.7. The Labute approximate surface area is 146 Å². The third kappa shape index (κ3) is 5.31. The van der Waals surface area contributed by atoms with Crippen molar-refractivity contribution in [2.45, 2.75) is 77.8 Å². The topological polar surface area (TPSA) is 18.5 Å². The fourth-order valence-corrected chi connectivity index (χ4v) is 8.60. The van der Waals surface area contributed by atoms with Crippen molar-refractivity contribution in [2.75, 3.05) is 0 Å². The minimum Gasteiger partial charge on any atom is -0.450 e. The van der Waals surface area contributed by atoms with E-state index in [4.69, 9.17) is 8.69 Å². The van der Waals surface area contributed by atoms with Crippen molar-refractivity contribution in [3.05, 3.63) is 30.3 Å². The van der Waals surface area contributed by atoms with Gasteiger partial charge in [-0.15, -0.1) is 0 Å². The highest BCUT2D eigenvalue weighted by atomic mass is 28.4. The van der Waals surface area contributed by atoms with Crippen molar-refractivity contribution in [2.24, 2.45) is 0 Å². The first-order valence-electron chi connectivity index (χ1n) is 9.44. The fraction of sp³-hybridized carbons (Fsp3) is 0.667. The van der Waals surface area contributed by atoms with Crippen LogP contribution in [0.2, 0.25) is 36.3 Å². The summed E-state index contributed by atoms with van der Waals surface area (Å²) in [6.07, 6.45) is 0. The van der Waals surface area contributed by atoms with Gasteiger partial charge in [0.15, 0.2) is 16.6 Å². The Morgan fingerprint density at radius 3 is 1.30 bits per heavy atom. The van der Waals surface area contributed by atoms with Crippen LogP contribution in [-0.4, -0.2) is 23.8 Å². The van der Waals surface area contributed by atoms with Crippen LogP contribution in [0.4, 0.5) is 0 Å². The van der Waals surface area contributed by atoms with Crippen LogP contribution >= 0.6 is 0 Å². The quantitative estimate of drug-likeness (QED) is 0.496. The Morgan fingerprint density at radius 2 is 1.00 bits per heavy atom. The molecular weight excluding hydrogens is 315 g/mol. The molecule has 130 valence electrons. The van der Waals surface area contributed by atoms with Crippen LogP contribution in [0.3, 0.4) is 0 Å². The molecule has 1 aromatic carbocycles. The molecular formula is C18H35BO2Si2. The molecule has 0 saturated heterocycles. The van der Waals surface area contributed by atoms with Crippen LogP contribution in [0.15, 0.2) is 30.3 Å². The smallest absolute Gasteiger partial charge is 0.450 e. The predicted octanol–water partition coefficient (Wildman–Crippen LogP) is 5.43. The van der Waals surface area contributed by atoms with Gasteiger partial charge in [0.25, 0.3) is 0 Å². The summed E-state index contributed by atoms with van der Waals surface area (Å²) in [5.74, 6) is 0. The number of benzene rings is 1. The van der Waals surface area contributed by atoms with Gasteiger partial charge in [0.1, 0.15) is 0 Å². The van der Waals surface area contributed by atoms with E-state index in [9.17, 15) is 0 Å². The number of hydrogen-bond acceptors (Lipinski definition) is 2. The molecule has 0 aliphatic rings. The van der Waals surface area contributed by atoms with E-state index in [0.29, 0.717) is 0 Å². The summed E-state index contributed by atoms with van der Waals surface area (Å²) in [7, 11) is -3.58. The second-order valence-corrected chi connectivity index (χ2v) is 15.9. The molecule has 2 nitrogen and oxygen atoms in total. The molecule has 0 saturated carbocycles. The van der Waals surface area contributed by atoms with Crippen molar-refractivity contribution in [1.82, 2.24) is 0 Å². The molecule has 0 radical (unpaired) electrons. The highest BCUT2D eigenvalue weighted by Crippen LogP contribution is 2.27. The maximum atomic E-state index is 6.78. The van der Waals surface area contributed by atoms with Crippen molar-refractivity contribution in [3.63, 3.8) is 0 Å². The molecule has 0 bridgehead atoms. The molecule has 0 heterocycles. The molecule has 1 rings (SSSR count). The third-order valence-electron chi connectivity index (χ3n) is 5.65. The minimum atomic E-state index is -1.70. The van der Waals surface area contributed by atoms with Gasteiger partial charge in [-0.3, -0.25) is 0 Å². The first kappa shape index (κ1) is 20.7. The largest absolute Gasteiger partial charge is 0.472 e. The summed E-state index contributed by atoms with van der Waals surface area (Å²) >= 11 is 0. The maximum Gasteiger partial charge on any atom is 0.472 e. The van der Waals surface area contributed by atoms with E-state index in [1.807, 2.05) is 0 Å². The first-order valence-corrected chi connectivity index (χ1v) is 14.5. The van der Waals surface area contributed by atoms with Gasteiger partial charge in [-0.05, 0) is 41.7 Å². The highest BCUT2D eigenvalue weighted by Gasteiger charge is 2.40. The Bertz CT molecular complexity index is 395. The van der Waals surface area contributed by atoms with Crippen LogP contribution in [0.25, 0.3) is 0 Å². The van der Waals surface area contributed by atoms with Gasteiger partial charge >= 0.3 is 7.12 Å². The molecule has 0 aliphatic heterocycles. The molecule has 5 heteroatoms. The lowest BCUT2D eigenvalue weighted by Crippen LogP contribution is -2.54. The van der Waals surface area contributed by atoms with Gasteiger partial charge in [0.2, 0.25) is 0 Å². The maximum absolute atomic E-state index is 6.78. The number of rotatable bonds is 11. The molecule has 0 N–H and O–H groups in total. The molecule has 0 amide bonds. The minimum absolute atomic E-state index is 0.172. The molecule has 0 fully saturated rings. The van der Waals surface area contributed by atoms with Crippen molar-refractivity contribution >= 4 is 29.2 Å². The number of hydrogen-bond donors (Lipinski definition) is 0. The van der Waals surface area contributed by atoms with Gasteiger partial charge < -0.3 is 8.69 Å². The average Bonchev–Trinajstić information content (AvgIpc) is 2.64. The molecule has 23 heavy (non-hydrogen) atoms. The van der Waals surface area contributed by atoms with E-state index in [1.165, 1.54) is 5.46 Å². The lowest BCUT2D eigenvalue weighted by Gasteiger charge is -2.37. The summed E-state index contributed by atoms with van der Waals surface area (Å²) in [5.41, 5.74) is 1.19. The van der Waals surface area contributed by atoms with Gasteiger partial charge in [-0.1, -0.05) is 71.9 Å².